The standard InChI is InChI=1S/C13H10Br2N2O2/c14-8-3-1-4-9(7-8)19-11-6-2-5-10(15)12(11)13(16)17-18/h1-7,18H,(H2,16,17). The van der Waals surface area contributed by atoms with Crippen LogP contribution in [0.2, 0.25) is 0 Å². The van der Waals surface area contributed by atoms with Crippen LogP contribution < -0.4 is 10.5 Å². The number of ether oxygens (including phenoxy) is 1. The highest BCUT2D eigenvalue weighted by atomic mass is 79.9. The molecule has 0 aliphatic carbocycles. The lowest BCUT2D eigenvalue weighted by Crippen LogP contribution is -2.15. The number of hydrogen-bond donors (Lipinski definition) is 2. The van der Waals surface area contributed by atoms with Crippen molar-refractivity contribution in [1.29, 1.82) is 0 Å². The monoisotopic (exact) mass is 384 g/mol. The summed E-state index contributed by atoms with van der Waals surface area (Å²) in [6.45, 7) is 0. The highest BCUT2D eigenvalue weighted by Crippen LogP contribution is 2.31. The largest absolute Gasteiger partial charge is 0.457 e. The van der Waals surface area contributed by atoms with Gasteiger partial charge >= 0.3 is 0 Å². The number of oxime groups is 1. The van der Waals surface area contributed by atoms with Crippen molar-refractivity contribution < 1.29 is 9.94 Å². The molecule has 0 heterocycles. The van der Waals surface area contributed by atoms with Crippen LogP contribution in [-0.2, 0) is 0 Å². The lowest BCUT2D eigenvalue weighted by atomic mass is 10.2. The smallest absolute Gasteiger partial charge is 0.175 e. The Balaban J connectivity index is 2.43. The fourth-order valence-corrected chi connectivity index (χ4v) is 2.47. The zero-order valence-corrected chi connectivity index (χ0v) is 12.8. The van der Waals surface area contributed by atoms with Gasteiger partial charge in [0, 0.05) is 8.95 Å². The highest BCUT2D eigenvalue weighted by Gasteiger charge is 2.13. The van der Waals surface area contributed by atoms with Gasteiger partial charge in [-0.2, -0.15) is 0 Å². The van der Waals surface area contributed by atoms with Crippen molar-refractivity contribution in [1.82, 2.24) is 0 Å². The second kappa shape index (κ2) is 6.08. The summed E-state index contributed by atoms with van der Waals surface area (Å²) in [4.78, 5) is 0. The van der Waals surface area contributed by atoms with E-state index in [1.54, 1.807) is 12.1 Å². The lowest BCUT2D eigenvalue weighted by molar-refractivity contribution is 0.318. The molecule has 2 aromatic rings. The molecule has 2 aromatic carbocycles. The van der Waals surface area contributed by atoms with Gasteiger partial charge in [-0.3, -0.25) is 0 Å². The molecule has 3 N–H and O–H groups in total. The number of nitrogens with two attached hydrogens (primary N) is 1. The molecular formula is C13H10Br2N2O2. The van der Waals surface area contributed by atoms with Crippen molar-refractivity contribution >= 4 is 37.7 Å². The lowest BCUT2D eigenvalue weighted by Gasteiger charge is -2.11. The van der Waals surface area contributed by atoms with E-state index in [0.717, 1.165) is 4.47 Å². The van der Waals surface area contributed by atoms with E-state index >= 15 is 0 Å². The number of benzene rings is 2. The molecule has 0 radical (unpaired) electrons. The summed E-state index contributed by atoms with van der Waals surface area (Å²) in [5, 5.41) is 11.8. The molecule has 0 bridgehead atoms. The molecule has 0 atom stereocenters. The van der Waals surface area contributed by atoms with E-state index in [2.05, 4.69) is 37.0 Å². The van der Waals surface area contributed by atoms with E-state index in [9.17, 15) is 0 Å². The maximum absolute atomic E-state index is 8.83. The van der Waals surface area contributed by atoms with Crippen LogP contribution in [0.1, 0.15) is 5.56 Å². The third kappa shape index (κ3) is 3.27. The van der Waals surface area contributed by atoms with Gasteiger partial charge in [-0.15, -0.1) is 0 Å². The van der Waals surface area contributed by atoms with Gasteiger partial charge in [0.05, 0.1) is 5.56 Å². The van der Waals surface area contributed by atoms with E-state index < -0.39 is 0 Å². The van der Waals surface area contributed by atoms with E-state index in [0.29, 0.717) is 21.5 Å². The summed E-state index contributed by atoms with van der Waals surface area (Å²) in [6, 6.07) is 12.8. The Morgan fingerprint density at radius 1 is 1.16 bits per heavy atom. The van der Waals surface area contributed by atoms with Crippen molar-refractivity contribution in [3.8, 4) is 11.5 Å². The Morgan fingerprint density at radius 3 is 2.58 bits per heavy atom. The zero-order chi connectivity index (χ0) is 13.8. The van der Waals surface area contributed by atoms with E-state index in [1.807, 2.05) is 30.3 Å². The van der Waals surface area contributed by atoms with E-state index in [1.165, 1.54) is 0 Å². The first-order valence-corrected chi connectivity index (χ1v) is 6.90. The predicted molar refractivity (Wildman–Crippen MR) is 80.9 cm³/mol. The van der Waals surface area contributed by atoms with Gasteiger partial charge < -0.3 is 15.7 Å². The third-order valence-corrected chi connectivity index (χ3v) is 3.52. The summed E-state index contributed by atoms with van der Waals surface area (Å²) in [7, 11) is 0. The molecular weight excluding hydrogens is 376 g/mol. The van der Waals surface area contributed by atoms with Gasteiger partial charge in [-0.05, 0) is 46.3 Å². The van der Waals surface area contributed by atoms with Crippen LogP contribution in [0.4, 0.5) is 0 Å². The first-order valence-electron chi connectivity index (χ1n) is 5.31. The van der Waals surface area contributed by atoms with Crippen molar-refractivity contribution in [2.75, 3.05) is 0 Å². The number of hydrogen-bond acceptors (Lipinski definition) is 3. The Bertz CT molecular complexity index is 630. The summed E-state index contributed by atoms with van der Waals surface area (Å²) in [6.07, 6.45) is 0. The van der Waals surface area contributed by atoms with Crippen LogP contribution in [0.5, 0.6) is 11.5 Å². The molecule has 0 aromatic heterocycles. The quantitative estimate of drug-likeness (QED) is 0.361. The molecule has 19 heavy (non-hydrogen) atoms. The molecule has 0 saturated carbocycles. The minimum Gasteiger partial charge on any atom is -0.457 e. The number of halogens is 2. The molecule has 0 saturated heterocycles. The van der Waals surface area contributed by atoms with E-state index in [4.69, 9.17) is 15.7 Å². The number of amidine groups is 1. The number of nitrogens with zero attached hydrogens (tertiary/aromatic N) is 1. The van der Waals surface area contributed by atoms with Gasteiger partial charge in [-0.25, -0.2) is 0 Å². The van der Waals surface area contributed by atoms with Crippen LogP contribution >= 0.6 is 31.9 Å². The SMILES string of the molecule is N/C(=N/O)c1c(Br)cccc1Oc1cccc(Br)c1. The van der Waals surface area contributed by atoms with Crippen LogP contribution in [0.3, 0.4) is 0 Å². The summed E-state index contributed by atoms with van der Waals surface area (Å²) >= 11 is 6.73. The molecule has 0 spiro atoms. The van der Waals surface area contributed by atoms with Crippen LogP contribution in [0.25, 0.3) is 0 Å². The topological polar surface area (TPSA) is 67.8 Å². The number of rotatable bonds is 3. The zero-order valence-electron chi connectivity index (χ0n) is 9.68. The van der Waals surface area contributed by atoms with Gasteiger partial charge in [0.1, 0.15) is 11.5 Å². The predicted octanol–water partition coefficient (Wildman–Crippen LogP) is 4.10. The van der Waals surface area contributed by atoms with Gasteiger partial charge in [0.25, 0.3) is 0 Å². The average Bonchev–Trinajstić information content (AvgIpc) is 2.38. The molecule has 4 nitrogen and oxygen atoms in total. The molecule has 0 aliphatic heterocycles. The van der Waals surface area contributed by atoms with Crippen LogP contribution in [0, 0.1) is 0 Å². The fraction of sp³-hybridized carbons (Fsp3) is 0. The third-order valence-electron chi connectivity index (χ3n) is 2.36. The fourth-order valence-electron chi connectivity index (χ4n) is 1.55. The second-order valence-corrected chi connectivity index (χ2v) is 5.43. The van der Waals surface area contributed by atoms with Crippen molar-refractivity contribution in [2.45, 2.75) is 0 Å². The molecule has 0 unspecified atom stereocenters. The molecule has 0 fully saturated rings. The van der Waals surface area contributed by atoms with Crippen molar-refractivity contribution in [3.63, 3.8) is 0 Å². The van der Waals surface area contributed by atoms with Crippen LogP contribution in [0.15, 0.2) is 56.6 Å². The Morgan fingerprint density at radius 2 is 1.89 bits per heavy atom. The first kappa shape index (κ1) is 13.9. The van der Waals surface area contributed by atoms with E-state index in [-0.39, 0.29) is 5.84 Å². The van der Waals surface area contributed by atoms with Gasteiger partial charge in [0.15, 0.2) is 5.84 Å². The molecule has 0 aliphatic rings. The van der Waals surface area contributed by atoms with Crippen molar-refractivity contribution in [2.24, 2.45) is 10.9 Å². The molecule has 0 amide bonds. The molecule has 98 valence electrons. The first-order chi connectivity index (χ1) is 9.11. The molecule has 6 heteroatoms. The van der Waals surface area contributed by atoms with Gasteiger partial charge in [0.2, 0.25) is 0 Å². The van der Waals surface area contributed by atoms with Gasteiger partial charge in [-0.1, -0.05) is 33.2 Å². The summed E-state index contributed by atoms with van der Waals surface area (Å²) in [5.74, 6) is 1.14. The highest BCUT2D eigenvalue weighted by molar-refractivity contribution is 9.10. The van der Waals surface area contributed by atoms with Crippen LogP contribution in [-0.4, -0.2) is 11.0 Å². The normalized spacial score (nSPS) is 11.4. The average molecular weight is 386 g/mol. The Hall–Kier alpha value is -1.53. The van der Waals surface area contributed by atoms with Crippen molar-refractivity contribution in [3.05, 3.63) is 57.0 Å². The maximum atomic E-state index is 8.83. The second-order valence-electron chi connectivity index (χ2n) is 3.66. The Labute approximate surface area is 127 Å². The minimum atomic E-state index is -0.0162. The summed E-state index contributed by atoms with van der Waals surface area (Å²) in [5.41, 5.74) is 6.16. The maximum Gasteiger partial charge on any atom is 0.175 e. The summed E-state index contributed by atoms with van der Waals surface area (Å²) < 4.78 is 7.36. The molecule has 2 rings (SSSR count). The minimum absolute atomic E-state index is 0.0162. The Kier molecular flexibility index (Phi) is 4.44.